The molecule has 1 rings (SSSR count). The van der Waals surface area contributed by atoms with Crippen molar-refractivity contribution in [1.82, 2.24) is 5.32 Å². The van der Waals surface area contributed by atoms with Crippen LogP contribution in [0.2, 0.25) is 0 Å². The molecule has 0 saturated heterocycles. The van der Waals surface area contributed by atoms with Gasteiger partial charge in [0, 0.05) is 25.8 Å². The lowest BCUT2D eigenvalue weighted by Crippen LogP contribution is -2.46. The minimum Gasteiger partial charge on any atom is -0.490 e. The summed E-state index contributed by atoms with van der Waals surface area (Å²) < 4.78 is 5.74. The SMILES string of the molecule is CCCNC(C)(C#N)COc1cccc(N(C)C)c1. The molecule has 0 aliphatic rings. The average Bonchev–Trinajstić information content (AvgIpc) is 2.43. The lowest BCUT2D eigenvalue weighted by Gasteiger charge is -2.23. The second kappa shape index (κ2) is 7.01. The van der Waals surface area contributed by atoms with Crippen molar-refractivity contribution in [3.8, 4) is 11.8 Å². The van der Waals surface area contributed by atoms with Gasteiger partial charge in [-0.05, 0) is 32.0 Å². The van der Waals surface area contributed by atoms with Crippen LogP contribution in [0.5, 0.6) is 5.75 Å². The van der Waals surface area contributed by atoms with Gasteiger partial charge in [-0.15, -0.1) is 0 Å². The first-order valence-corrected chi connectivity index (χ1v) is 6.57. The molecule has 0 aliphatic heterocycles. The van der Waals surface area contributed by atoms with Gasteiger partial charge in [-0.2, -0.15) is 5.26 Å². The highest BCUT2D eigenvalue weighted by Crippen LogP contribution is 2.20. The van der Waals surface area contributed by atoms with E-state index in [9.17, 15) is 5.26 Å². The number of rotatable bonds is 7. The summed E-state index contributed by atoms with van der Waals surface area (Å²) in [5.41, 5.74) is 0.433. The topological polar surface area (TPSA) is 48.3 Å². The summed E-state index contributed by atoms with van der Waals surface area (Å²) in [5, 5.41) is 12.4. The van der Waals surface area contributed by atoms with E-state index < -0.39 is 5.54 Å². The molecule has 0 aliphatic carbocycles. The van der Waals surface area contributed by atoms with E-state index in [-0.39, 0.29) is 0 Å². The molecule has 0 heterocycles. The maximum absolute atomic E-state index is 9.23. The molecule has 0 saturated carbocycles. The van der Waals surface area contributed by atoms with Crippen LogP contribution in [0.3, 0.4) is 0 Å². The number of anilines is 1. The van der Waals surface area contributed by atoms with Crippen molar-refractivity contribution in [3.05, 3.63) is 24.3 Å². The van der Waals surface area contributed by atoms with E-state index >= 15 is 0 Å². The quantitative estimate of drug-likeness (QED) is 0.819. The van der Waals surface area contributed by atoms with Gasteiger partial charge in [0.25, 0.3) is 0 Å². The van der Waals surface area contributed by atoms with E-state index in [1.165, 1.54) is 0 Å². The molecule has 0 bridgehead atoms. The molecule has 4 nitrogen and oxygen atoms in total. The molecule has 1 aromatic rings. The van der Waals surface area contributed by atoms with E-state index in [1.54, 1.807) is 0 Å². The largest absolute Gasteiger partial charge is 0.490 e. The fourth-order valence-electron chi connectivity index (χ4n) is 1.60. The Morgan fingerprint density at radius 1 is 1.42 bits per heavy atom. The van der Waals surface area contributed by atoms with E-state index in [0.29, 0.717) is 6.61 Å². The lowest BCUT2D eigenvalue weighted by atomic mass is 10.1. The first-order valence-electron chi connectivity index (χ1n) is 6.57. The lowest BCUT2D eigenvalue weighted by molar-refractivity contribution is 0.234. The van der Waals surface area contributed by atoms with Crippen LogP contribution < -0.4 is 15.0 Å². The van der Waals surface area contributed by atoms with Crippen molar-refractivity contribution in [2.45, 2.75) is 25.8 Å². The summed E-state index contributed by atoms with van der Waals surface area (Å²) >= 11 is 0. The molecule has 4 heteroatoms. The van der Waals surface area contributed by atoms with E-state index in [4.69, 9.17) is 4.74 Å². The Labute approximate surface area is 116 Å². The Kier molecular flexibility index (Phi) is 5.65. The fourth-order valence-corrected chi connectivity index (χ4v) is 1.60. The van der Waals surface area contributed by atoms with E-state index in [1.807, 2.05) is 50.2 Å². The number of ether oxygens (including phenoxy) is 1. The number of nitrogens with zero attached hydrogens (tertiary/aromatic N) is 2. The molecular weight excluding hydrogens is 238 g/mol. The molecule has 1 atom stereocenters. The second-order valence-corrected chi connectivity index (χ2v) is 5.05. The number of nitrogens with one attached hydrogen (secondary N) is 1. The predicted octanol–water partition coefficient (Wildman–Crippen LogP) is 2.41. The molecule has 0 radical (unpaired) electrons. The maximum Gasteiger partial charge on any atom is 0.138 e. The van der Waals surface area contributed by atoms with Crippen molar-refractivity contribution in [2.24, 2.45) is 0 Å². The van der Waals surface area contributed by atoms with Crippen LogP contribution in [0.25, 0.3) is 0 Å². The smallest absolute Gasteiger partial charge is 0.138 e. The van der Waals surface area contributed by atoms with Crippen molar-refractivity contribution in [3.63, 3.8) is 0 Å². The summed E-state index contributed by atoms with van der Waals surface area (Å²) in [6.07, 6.45) is 0.993. The van der Waals surface area contributed by atoms with Gasteiger partial charge >= 0.3 is 0 Å². The molecule has 104 valence electrons. The summed E-state index contributed by atoms with van der Waals surface area (Å²) in [5.74, 6) is 0.783. The van der Waals surface area contributed by atoms with Crippen LogP contribution in [0.15, 0.2) is 24.3 Å². The second-order valence-electron chi connectivity index (χ2n) is 5.05. The summed E-state index contributed by atoms with van der Waals surface area (Å²) in [6.45, 7) is 5.08. The fraction of sp³-hybridized carbons (Fsp3) is 0.533. The zero-order valence-corrected chi connectivity index (χ0v) is 12.2. The third-order valence-electron chi connectivity index (χ3n) is 2.87. The minimum atomic E-state index is -0.649. The van der Waals surface area contributed by atoms with Gasteiger partial charge in [0.05, 0.1) is 6.07 Å². The van der Waals surface area contributed by atoms with Crippen LogP contribution >= 0.6 is 0 Å². The van der Waals surface area contributed by atoms with Crippen molar-refractivity contribution in [2.75, 3.05) is 32.1 Å². The Morgan fingerprint density at radius 3 is 2.74 bits per heavy atom. The highest BCUT2D eigenvalue weighted by atomic mass is 16.5. The normalized spacial score (nSPS) is 13.4. The van der Waals surface area contributed by atoms with Gasteiger partial charge < -0.3 is 9.64 Å². The van der Waals surface area contributed by atoms with E-state index in [0.717, 1.165) is 24.4 Å². The molecule has 1 N–H and O–H groups in total. The molecule has 1 unspecified atom stereocenters. The molecule has 0 fully saturated rings. The highest BCUT2D eigenvalue weighted by Gasteiger charge is 2.23. The number of nitriles is 1. The van der Waals surface area contributed by atoms with Crippen LogP contribution in [0.4, 0.5) is 5.69 Å². The van der Waals surface area contributed by atoms with Gasteiger partial charge in [0.1, 0.15) is 17.9 Å². The molecule has 1 aromatic carbocycles. The average molecular weight is 261 g/mol. The third kappa shape index (κ3) is 4.80. The summed E-state index contributed by atoms with van der Waals surface area (Å²) in [6, 6.07) is 10.1. The minimum absolute atomic E-state index is 0.334. The molecule has 0 aromatic heterocycles. The monoisotopic (exact) mass is 261 g/mol. The Hall–Kier alpha value is -1.73. The third-order valence-corrected chi connectivity index (χ3v) is 2.87. The standard InChI is InChI=1S/C15H23N3O/c1-5-9-17-15(2,11-16)12-19-14-8-6-7-13(10-14)18(3)4/h6-8,10,17H,5,9,12H2,1-4H3. The van der Waals surface area contributed by atoms with Gasteiger partial charge in [-0.25, -0.2) is 0 Å². The van der Waals surface area contributed by atoms with Crippen LogP contribution in [-0.4, -0.2) is 32.8 Å². The Balaban J connectivity index is 2.65. The first kappa shape index (κ1) is 15.3. The molecule has 19 heavy (non-hydrogen) atoms. The van der Waals surface area contributed by atoms with Crippen molar-refractivity contribution in [1.29, 1.82) is 5.26 Å². The first-order chi connectivity index (χ1) is 9.00. The number of benzene rings is 1. The van der Waals surface area contributed by atoms with Crippen molar-refractivity contribution >= 4 is 5.69 Å². The highest BCUT2D eigenvalue weighted by molar-refractivity contribution is 5.49. The summed E-state index contributed by atoms with van der Waals surface area (Å²) in [4.78, 5) is 2.02. The van der Waals surface area contributed by atoms with E-state index in [2.05, 4.69) is 18.3 Å². The van der Waals surface area contributed by atoms with Gasteiger partial charge in [-0.3, -0.25) is 5.32 Å². The maximum atomic E-state index is 9.23. The van der Waals surface area contributed by atoms with Crippen LogP contribution in [0, 0.1) is 11.3 Å². The predicted molar refractivity (Wildman–Crippen MR) is 78.6 cm³/mol. The number of hydrogen-bond acceptors (Lipinski definition) is 4. The molecular formula is C15H23N3O. The molecule has 0 spiro atoms. The molecule has 0 amide bonds. The van der Waals surface area contributed by atoms with Gasteiger partial charge in [0.15, 0.2) is 0 Å². The zero-order chi connectivity index (χ0) is 14.3. The Bertz CT molecular complexity index is 439. The number of hydrogen-bond donors (Lipinski definition) is 1. The zero-order valence-electron chi connectivity index (χ0n) is 12.2. The summed E-state index contributed by atoms with van der Waals surface area (Å²) in [7, 11) is 3.97. The van der Waals surface area contributed by atoms with Crippen LogP contribution in [-0.2, 0) is 0 Å². The van der Waals surface area contributed by atoms with Gasteiger partial charge in [-0.1, -0.05) is 13.0 Å². The van der Waals surface area contributed by atoms with Gasteiger partial charge in [0.2, 0.25) is 0 Å². The van der Waals surface area contributed by atoms with Crippen LogP contribution in [0.1, 0.15) is 20.3 Å². The Morgan fingerprint density at radius 2 is 2.16 bits per heavy atom. The van der Waals surface area contributed by atoms with Crippen molar-refractivity contribution < 1.29 is 4.74 Å².